The smallest absolute Gasteiger partial charge is 0.255 e. The first-order chi connectivity index (χ1) is 17.5. The fraction of sp³-hybridized carbons (Fsp3) is 0.259. The standard InChI is InChI=1S/C27H30N4O4S/c1-30-15-4-16-31(18-17-30)21-11-7-19(8-12-21)27(33)29-25-23(5-3-6-24(25)35-36)28-26(32)20-9-13-22(34-2)14-10-20/h3,5-14,36H,4,15-18H2,1-2H3,(H,28,32)(H,29,33). The highest BCUT2D eigenvalue weighted by Crippen LogP contribution is 2.34. The molecule has 1 aliphatic heterocycles. The number of carbonyl (C=O) groups is 2. The highest BCUT2D eigenvalue weighted by atomic mass is 32.1. The number of nitrogens with one attached hydrogen (secondary N) is 2. The zero-order valence-electron chi connectivity index (χ0n) is 20.4. The Morgan fingerprint density at radius 1 is 0.833 bits per heavy atom. The van der Waals surface area contributed by atoms with Crippen molar-refractivity contribution in [1.82, 2.24) is 4.90 Å². The summed E-state index contributed by atoms with van der Waals surface area (Å²) in [5, 5.41) is 5.71. The van der Waals surface area contributed by atoms with Gasteiger partial charge >= 0.3 is 0 Å². The van der Waals surface area contributed by atoms with E-state index in [1.807, 2.05) is 12.1 Å². The highest BCUT2D eigenvalue weighted by molar-refractivity contribution is 7.75. The van der Waals surface area contributed by atoms with Crippen molar-refractivity contribution in [2.24, 2.45) is 0 Å². The third kappa shape index (κ3) is 6.10. The minimum absolute atomic E-state index is 0.310. The number of hydrogen-bond donors (Lipinski definition) is 3. The van der Waals surface area contributed by atoms with Crippen molar-refractivity contribution in [3.63, 3.8) is 0 Å². The molecule has 0 radical (unpaired) electrons. The summed E-state index contributed by atoms with van der Waals surface area (Å²) in [7, 11) is 3.70. The van der Waals surface area contributed by atoms with Crippen molar-refractivity contribution < 1.29 is 18.5 Å². The topological polar surface area (TPSA) is 83.1 Å². The van der Waals surface area contributed by atoms with Crippen LogP contribution in [-0.4, -0.2) is 57.1 Å². The molecule has 188 valence electrons. The molecule has 0 unspecified atom stereocenters. The summed E-state index contributed by atoms with van der Waals surface area (Å²) in [6.07, 6.45) is 1.10. The average Bonchev–Trinajstić information content (AvgIpc) is 3.14. The lowest BCUT2D eigenvalue weighted by molar-refractivity contribution is 0.101. The van der Waals surface area contributed by atoms with Crippen LogP contribution >= 0.6 is 12.9 Å². The lowest BCUT2D eigenvalue weighted by atomic mass is 10.1. The van der Waals surface area contributed by atoms with Crippen molar-refractivity contribution in [3.05, 3.63) is 77.9 Å². The highest BCUT2D eigenvalue weighted by Gasteiger charge is 2.18. The summed E-state index contributed by atoms with van der Waals surface area (Å²) >= 11 is 3.92. The molecule has 2 N–H and O–H groups in total. The number of methoxy groups -OCH3 is 1. The summed E-state index contributed by atoms with van der Waals surface area (Å²) < 4.78 is 10.3. The van der Waals surface area contributed by atoms with Crippen LogP contribution in [0.2, 0.25) is 0 Å². The molecule has 0 atom stereocenters. The van der Waals surface area contributed by atoms with Crippen LogP contribution < -0.4 is 24.5 Å². The molecule has 1 fully saturated rings. The number of anilines is 3. The number of hydrogen-bond acceptors (Lipinski definition) is 7. The van der Waals surface area contributed by atoms with Crippen molar-refractivity contribution in [2.75, 3.05) is 55.9 Å². The van der Waals surface area contributed by atoms with E-state index in [-0.39, 0.29) is 11.8 Å². The molecule has 0 aliphatic carbocycles. The molecule has 0 bridgehead atoms. The normalized spacial score (nSPS) is 14.0. The number of benzene rings is 3. The molecular weight excluding hydrogens is 476 g/mol. The Kier molecular flexibility index (Phi) is 8.35. The Hall–Kier alpha value is -3.69. The van der Waals surface area contributed by atoms with E-state index in [1.54, 1.807) is 61.7 Å². The van der Waals surface area contributed by atoms with Gasteiger partial charge in [-0.2, -0.15) is 0 Å². The zero-order valence-corrected chi connectivity index (χ0v) is 21.3. The van der Waals surface area contributed by atoms with Gasteiger partial charge in [0.25, 0.3) is 11.8 Å². The number of amides is 2. The van der Waals surface area contributed by atoms with E-state index < -0.39 is 0 Å². The van der Waals surface area contributed by atoms with Gasteiger partial charge in [0.2, 0.25) is 0 Å². The van der Waals surface area contributed by atoms with Crippen LogP contribution in [0.5, 0.6) is 11.5 Å². The van der Waals surface area contributed by atoms with Crippen LogP contribution in [0.1, 0.15) is 27.1 Å². The van der Waals surface area contributed by atoms with E-state index in [4.69, 9.17) is 8.92 Å². The maximum absolute atomic E-state index is 13.1. The Balaban J connectivity index is 1.49. The number of likely N-dealkylation sites (N-methyl/N-ethyl adjacent to an activating group) is 1. The summed E-state index contributed by atoms with van der Waals surface area (Å²) in [6.45, 7) is 4.03. The molecule has 0 aromatic heterocycles. The van der Waals surface area contributed by atoms with Crippen LogP contribution in [0.25, 0.3) is 0 Å². The molecular formula is C27H30N4O4S. The number of para-hydroxylation sites is 1. The van der Waals surface area contributed by atoms with Gasteiger partial charge in [-0.3, -0.25) is 9.59 Å². The van der Waals surface area contributed by atoms with E-state index in [2.05, 4.69) is 40.4 Å². The molecule has 3 aromatic rings. The van der Waals surface area contributed by atoms with E-state index in [9.17, 15) is 9.59 Å². The van der Waals surface area contributed by atoms with Gasteiger partial charge in [0.1, 0.15) is 11.4 Å². The Morgan fingerprint density at radius 2 is 1.50 bits per heavy atom. The van der Waals surface area contributed by atoms with Gasteiger partial charge in [0, 0.05) is 49.4 Å². The summed E-state index contributed by atoms with van der Waals surface area (Å²) in [5.74, 6) is 0.301. The monoisotopic (exact) mass is 506 g/mol. The molecule has 1 aliphatic rings. The number of nitrogens with zero attached hydrogens (tertiary/aromatic N) is 2. The second-order valence-corrected chi connectivity index (χ2v) is 8.78. The molecule has 0 saturated carbocycles. The third-order valence-electron chi connectivity index (χ3n) is 6.18. The van der Waals surface area contributed by atoms with Crippen LogP contribution in [0.4, 0.5) is 17.1 Å². The molecule has 3 aromatic carbocycles. The number of thiol groups is 1. The molecule has 1 saturated heterocycles. The Morgan fingerprint density at radius 3 is 2.17 bits per heavy atom. The lowest BCUT2D eigenvalue weighted by Gasteiger charge is -2.23. The van der Waals surface area contributed by atoms with Gasteiger partial charge in [0.15, 0.2) is 5.75 Å². The largest absolute Gasteiger partial charge is 0.497 e. The molecule has 1 heterocycles. The first-order valence-electron chi connectivity index (χ1n) is 11.7. The first kappa shape index (κ1) is 25.4. The quantitative estimate of drug-likeness (QED) is 0.322. The summed E-state index contributed by atoms with van der Waals surface area (Å²) in [5.41, 5.74) is 2.74. The van der Waals surface area contributed by atoms with E-state index in [0.29, 0.717) is 34.0 Å². The second kappa shape index (κ2) is 11.8. The predicted octanol–water partition coefficient (Wildman–Crippen LogP) is 4.57. The van der Waals surface area contributed by atoms with E-state index >= 15 is 0 Å². The fourth-order valence-corrected chi connectivity index (χ4v) is 4.24. The van der Waals surface area contributed by atoms with Gasteiger partial charge in [-0.25, -0.2) is 0 Å². The van der Waals surface area contributed by atoms with Crippen molar-refractivity contribution in [2.45, 2.75) is 6.42 Å². The van der Waals surface area contributed by atoms with Crippen LogP contribution in [0.3, 0.4) is 0 Å². The van der Waals surface area contributed by atoms with Gasteiger partial charge in [-0.15, -0.1) is 0 Å². The SMILES string of the molecule is COc1ccc(C(=O)Nc2cccc(OS)c2NC(=O)c2ccc(N3CCCN(C)CC3)cc2)cc1. The van der Waals surface area contributed by atoms with Crippen molar-refractivity contribution in [3.8, 4) is 11.5 Å². The Bertz CT molecular complexity index is 1200. The second-order valence-electron chi connectivity index (χ2n) is 8.60. The third-order valence-corrected chi connectivity index (χ3v) is 6.37. The van der Waals surface area contributed by atoms with E-state index in [0.717, 1.165) is 38.3 Å². The van der Waals surface area contributed by atoms with Crippen molar-refractivity contribution >= 4 is 41.8 Å². The van der Waals surface area contributed by atoms with Gasteiger partial charge in [-0.05, 0) is 80.7 Å². The molecule has 4 rings (SSSR count). The van der Waals surface area contributed by atoms with Crippen LogP contribution in [0.15, 0.2) is 66.7 Å². The van der Waals surface area contributed by atoms with E-state index in [1.165, 1.54) is 0 Å². The predicted molar refractivity (Wildman–Crippen MR) is 146 cm³/mol. The van der Waals surface area contributed by atoms with Crippen LogP contribution in [0, 0.1) is 0 Å². The molecule has 8 nitrogen and oxygen atoms in total. The molecule has 0 spiro atoms. The molecule has 9 heteroatoms. The number of carbonyl (C=O) groups excluding carboxylic acids is 2. The van der Waals surface area contributed by atoms with Gasteiger partial charge in [-0.1, -0.05) is 6.07 Å². The number of ether oxygens (including phenoxy) is 1. The average molecular weight is 507 g/mol. The zero-order chi connectivity index (χ0) is 25.5. The summed E-state index contributed by atoms with van der Waals surface area (Å²) in [6, 6.07) is 19.3. The minimum Gasteiger partial charge on any atom is -0.497 e. The number of rotatable bonds is 7. The minimum atomic E-state index is -0.336. The maximum Gasteiger partial charge on any atom is 0.255 e. The molecule has 36 heavy (non-hydrogen) atoms. The summed E-state index contributed by atoms with van der Waals surface area (Å²) in [4.78, 5) is 30.6. The fourth-order valence-electron chi connectivity index (χ4n) is 4.09. The molecule has 2 amide bonds. The Labute approximate surface area is 216 Å². The lowest BCUT2D eigenvalue weighted by Crippen LogP contribution is -2.28. The van der Waals surface area contributed by atoms with Gasteiger partial charge in [0.05, 0.1) is 12.8 Å². The van der Waals surface area contributed by atoms with Gasteiger partial charge < -0.3 is 29.4 Å². The van der Waals surface area contributed by atoms with Crippen molar-refractivity contribution in [1.29, 1.82) is 0 Å². The maximum atomic E-state index is 13.1. The first-order valence-corrected chi connectivity index (χ1v) is 12.1. The van der Waals surface area contributed by atoms with Crippen LogP contribution in [-0.2, 0) is 0 Å².